The number of nitrogens with one attached hydrogen (secondary N) is 1. The summed E-state index contributed by atoms with van der Waals surface area (Å²) in [7, 11) is 0. The lowest BCUT2D eigenvalue weighted by Crippen LogP contribution is -2.12. The zero-order valence-corrected chi connectivity index (χ0v) is 18.6. The molecule has 1 N–H and O–H groups in total. The second-order valence-corrected chi connectivity index (χ2v) is 8.00. The second kappa shape index (κ2) is 9.66. The van der Waals surface area contributed by atoms with Crippen LogP contribution in [0, 0.1) is 18.3 Å². The molecule has 0 aliphatic heterocycles. The van der Waals surface area contributed by atoms with Crippen LogP contribution in [0.3, 0.4) is 0 Å². The van der Waals surface area contributed by atoms with Crippen LogP contribution >= 0.6 is 11.3 Å². The number of hydrogen-bond acceptors (Lipinski definition) is 7. The van der Waals surface area contributed by atoms with Gasteiger partial charge in [0, 0.05) is 36.3 Å². The number of aromatic nitrogens is 3. The molecule has 9 heteroatoms. The Kier molecular flexibility index (Phi) is 6.52. The molecule has 4 rings (SSSR count). The van der Waals surface area contributed by atoms with Crippen LogP contribution in [0.5, 0.6) is 11.5 Å². The van der Waals surface area contributed by atoms with Crippen LogP contribution in [-0.2, 0) is 6.54 Å². The van der Waals surface area contributed by atoms with Gasteiger partial charge < -0.3 is 19.4 Å². The number of benzene rings is 1. The largest absolute Gasteiger partial charge is 0.492 e. The number of alkyl halides is 1. The minimum absolute atomic E-state index is 0.493. The Bertz CT molecular complexity index is 1280. The van der Waals surface area contributed by atoms with Crippen molar-refractivity contribution in [3.05, 3.63) is 53.3 Å². The Morgan fingerprint density at radius 3 is 2.84 bits per heavy atom. The van der Waals surface area contributed by atoms with Crippen LogP contribution in [0.15, 0.2) is 42.7 Å². The van der Waals surface area contributed by atoms with Crippen LogP contribution in [0.25, 0.3) is 21.5 Å². The average Bonchev–Trinajstić information content (AvgIpc) is 3.35. The van der Waals surface area contributed by atoms with Crippen molar-refractivity contribution in [2.75, 3.05) is 25.3 Å². The van der Waals surface area contributed by atoms with E-state index in [0.29, 0.717) is 41.9 Å². The molecular weight excluding hydrogens is 429 g/mol. The summed E-state index contributed by atoms with van der Waals surface area (Å²) in [5, 5.41) is 13.6. The number of fused-ring (bicyclic) bond motifs is 1. The Balaban J connectivity index is 1.51. The molecule has 3 heterocycles. The van der Waals surface area contributed by atoms with Gasteiger partial charge in [0.25, 0.3) is 0 Å². The Labute approximate surface area is 189 Å². The van der Waals surface area contributed by atoms with E-state index in [0.717, 1.165) is 27.2 Å². The van der Waals surface area contributed by atoms with E-state index in [1.807, 2.05) is 38.1 Å². The van der Waals surface area contributed by atoms with Crippen molar-refractivity contribution in [1.29, 1.82) is 5.26 Å². The maximum atomic E-state index is 12.8. The summed E-state index contributed by atoms with van der Waals surface area (Å²) in [4.78, 5) is 10.0. The molecule has 0 spiro atoms. The maximum Gasteiger partial charge on any atom is 0.228 e. The Morgan fingerprint density at radius 2 is 2.06 bits per heavy atom. The molecular formula is C23H22FN5O2S. The summed E-state index contributed by atoms with van der Waals surface area (Å²) in [5.41, 5.74) is 2.65. The highest BCUT2D eigenvalue weighted by Crippen LogP contribution is 2.35. The van der Waals surface area contributed by atoms with E-state index in [-0.39, 0.29) is 0 Å². The third-order valence-corrected chi connectivity index (χ3v) is 6.00. The predicted octanol–water partition coefficient (Wildman–Crippen LogP) is 5.16. The van der Waals surface area contributed by atoms with Gasteiger partial charge in [-0.15, -0.1) is 11.3 Å². The molecule has 0 saturated heterocycles. The van der Waals surface area contributed by atoms with E-state index in [9.17, 15) is 9.65 Å². The van der Waals surface area contributed by atoms with Gasteiger partial charge in [-0.3, -0.25) is 0 Å². The third kappa shape index (κ3) is 4.36. The van der Waals surface area contributed by atoms with Gasteiger partial charge in [-0.2, -0.15) is 5.26 Å². The lowest BCUT2D eigenvalue weighted by atomic mass is 10.2. The first-order valence-electron chi connectivity index (χ1n) is 10.1. The summed E-state index contributed by atoms with van der Waals surface area (Å²) in [5.74, 6) is 1.78. The Hall–Kier alpha value is -3.64. The number of anilines is 1. The molecule has 0 aliphatic carbocycles. The zero-order chi connectivity index (χ0) is 22.5. The van der Waals surface area contributed by atoms with Crippen LogP contribution in [0.2, 0.25) is 0 Å². The van der Waals surface area contributed by atoms with Gasteiger partial charge in [-0.25, -0.2) is 14.4 Å². The van der Waals surface area contributed by atoms with Crippen LogP contribution in [0.4, 0.5) is 10.2 Å². The van der Waals surface area contributed by atoms with Crippen molar-refractivity contribution in [3.63, 3.8) is 0 Å². The molecule has 0 saturated carbocycles. The minimum Gasteiger partial charge on any atom is -0.492 e. The molecule has 0 radical (unpaired) electrons. The first-order valence-corrected chi connectivity index (χ1v) is 11.0. The van der Waals surface area contributed by atoms with E-state index in [2.05, 4.69) is 32.0 Å². The van der Waals surface area contributed by atoms with E-state index in [1.54, 1.807) is 6.07 Å². The average molecular weight is 452 g/mol. The third-order valence-electron chi connectivity index (χ3n) is 4.96. The molecule has 0 fully saturated rings. The van der Waals surface area contributed by atoms with Gasteiger partial charge in [-0.1, -0.05) is 12.1 Å². The molecule has 1 aromatic carbocycles. The van der Waals surface area contributed by atoms with E-state index >= 15 is 0 Å². The molecule has 0 bridgehead atoms. The number of thiophene rings is 1. The fraction of sp³-hybridized carbons (Fsp3) is 0.261. The number of halogens is 1. The second-order valence-electron chi connectivity index (χ2n) is 6.95. The lowest BCUT2D eigenvalue weighted by Gasteiger charge is -2.12. The van der Waals surface area contributed by atoms with E-state index < -0.39 is 6.86 Å². The fourth-order valence-corrected chi connectivity index (χ4v) is 4.48. The number of ether oxygens (including phenoxy) is 2. The highest BCUT2D eigenvalue weighted by molar-refractivity contribution is 7.16. The SMILES string of the molecule is CCOc1cc(-c2cc(NCCn3c(C)cc4cccc(OCF)c43)ncn2)sc1C#N. The zero-order valence-electron chi connectivity index (χ0n) is 17.8. The molecule has 3 aromatic heterocycles. The molecule has 7 nitrogen and oxygen atoms in total. The summed E-state index contributed by atoms with van der Waals surface area (Å²) in [6.45, 7) is 4.77. The van der Waals surface area contributed by atoms with Gasteiger partial charge in [0.1, 0.15) is 34.6 Å². The smallest absolute Gasteiger partial charge is 0.228 e. The number of hydrogen-bond donors (Lipinski definition) is 1. The van der Waals surface area contributed by atoms with Crippen LogP contribution in [-0.4, -0.2) is 34.5 Å². The topological polar surface area (TPSA) is 85.0 Å². The molecule has 0 atom stereocenters. The van der Waals surface area contributed by atoms with Crippen LogP contribution in [0.1, 0.15) is 17.5 Å². The number of rotatable bonds is 9. The molecule has 4 aromatic rings. The van der Waals surface area contributed by atoms with Gasteiger partial charge in [-0.05, 0) is 26.0 Å². The highest BCUT2D eigenvalue weighted by Gasteiger charge is 2.14. The van der Waals surface area contributed by atoms with Crippen molar-refractivity contribution < 1.29 is 13.9 Å². The number of para-hydroxylation sites is 1. The van der Waals surface area contributed by atoms with Crippen molar-refractivity contribution in [1.82, 2.24) is 14.5 Å². The quantitative estimate of drug-likeness (QED) is 0.379. The summed E-state index contributed by atoms with van der Waals surface area (Å²) >= 11 is 1.34. The Morgan fingerprint density at radius 1 is 1.19 bits per heavy atom. The van der Waals surface area contributed by atoms with E-state index in [4.69, 9.17) is 9.47 Å². The van der Waals surface area contributed by atoms with Crippen LogP contribution < -0.4 is 14.8 Å². The van der Waals surface area contributed by atoms with E-state index in [1.165, 1.54) is 17.7 Å². The van der Waals surface area contributed by atoms with Gasteiger partial charge in [0.15, 0.2) is 0 Å². The lowest BCUT2D eigenvalue weighted by molar-refractivity contribution is 0.193. The monoisotopic (exact) mass is 451 g/mol. The maximum absolute atomic E-state index is 12.8. The summed E-state index contributed by atoms with van der Waals surface area (Å²) in [6.07, 6.45) is 1.49. The van der Waals surface area contributed by atoms with Gasteiger partial charge >= 0.3 is 0 Å². The number of nitriles is 1. The number of aryl methyl sites for hydroxylation is 1. The van der Waals surface area contributed by atoms with Crippen molar-refractivity contribution >= 4 is 28.1 Å². The fourth-order valence-electron chi connectivity index (χ4n) is 3.61. The first-order chi connectivity index (χ1) is 15.6. The summed E-state index contributed by atoms with van der Waals surface area (Å²) < 4.78 is 25.6. The summed E-state index contributed by atoms with van der Waals surface area (Å²) in [6, 6.07) is 13.5. The highest BCUT2D eigenvalue weighted by atomic mass is 32.1. The standard InChI is InChI=1S/C23H22FN5O2S/c1-3-30-19-11-20(32-21(19)12-25)17-10-22(28-14-27-17)26-7-8-29-15(2)9-16-5-4-6-18(23(16)29)31-13-24/h4-6,9-11,14H,3,7-8,13H2,1-2H3,(H,26,27,28). The minimum atomic E-state index is -0.869. The predicted molar refractivity (Wildman–Crippen MR) is 123 cm³/mol. The normalized spacial score (nSPS) is 10.8. The molecule has 0 unspecified atom stereocenters. The van der Waals surface area contributed by atoms with Crippen molar-refractivity contribution in [3.8, 4) is 28.1 Å². The molecule has 0 amide bonds. The molecule has 164 valence electrons. The first kappa shape index (κ1) is 21.6. The molecule has 0 aliphatic rings. The van der Waals surface area contributed by atoms with Gasteiger partial charge in [0.2, 0.25) is 6.86 Å². The van der Waals surface area contributed by atoms with Crippen molar-refractivity contribution in [2.24, 2.45) is 0 Å². The van der Waals surface area contributed by atoms with Gasteiger partial charge in [0.05, 0.1) is 22.7 Å². The molecule has 32 heavy (non-hydrogen) atoms. The number of nitrogens with zero attached hydrogens (tertiary/aromatic N) is 4. The van der Waals surface area contributed by atoms with Crippen molar-refractivity contribution in [2.45, 2.75) is 20.4 Å².